The van der Waals surface area contributed by atoms with E-state index in [4.69, 9.17) is 21.1 Å². The number of aromatic nitrogens is 1. The van der Waals surface area contributed by atoms with Gasteiger partial charge in [-0.05, 0) is 82.5 Å². The van der Waals surface area contributed by atoms with Crippen molar-refractivity contribution >= 4 is 39.7 Å². The fraction of sp³-hybridized carbons (Fsp3) is 0.111. The second-order valence-electron chi connectivity index (χ2n) is 7.48. The Hall–Kier alpha value is -3.55. The molecular formula is C27H23BrClN3O3. The molecule has 178 valence electrons. The number of ether oxygens (including phenoxy) is 2. The van der Waals surface area contributed by atoms with Crippen LogP contribution in [0.25, 0.3) is 5.69 Å². The van der Waals surface area contributed by atoms with Crippen LogP contribution in [0.15, 0.2) is 94.8 Å². The smallest absolute Gasteiger partial charge is 0.273 e. The van der Waals surface area contributed by atoms with Crippen LogP contribution in [0.1, 0.15) is 28.4 Å². The first kappa shape index (κ1) is 24.6. The molecule has 1 aromatic heterocycles. The molecule has 0 saturated heterocycles. The van der Waals surface area contributed by atoms with E-state index in [2.05, 4.69) is 26.5 Å². The molecule has 0 radical (unpaired) electrons. The van der Waals surface area contributed by atoms with Gasteiger partial charge >= 0.3 is 0 Å². The van der Waals surface area contributed by atoms with Crippen LogP contribution in [-0.4, -0.2) is 23.3 Å². The molecule has 8 heteroatoms. The lowest BCUT2D eigenvalue weighted by molar-refractivity contribution is 0.0955. The van der Waals surface area contributed by atoms with E-state index < -0.39 is 0 Å². The minimum Gasteiger partial charge on any atom is -0.490 e. The van der Waals surface area contributed by atoms with Crippen molar-refractivity contribution in [3.63, 3.8) is 0 Å². The van der Waals surface area contributed by atoms with Gasteiger partial charge in [0.2, 0.25) is 0 Å². The van der Waals surface area contributed by atoms with E-state index in [1.807, 2.05) is 90.6 Å². The van der Waals surface area contributed by atoms with Crippen molar-refractivity contribution in [3.8, 4) is 17.2 Å². The van der Waals surface area contributed by atoms with Gasteiger partial charge in [-0.3, -0.25) is 4.79 Å². The Kier molecular flexibility index (Phi) is 8.23. The summed E-state index contributed by atoms with van der Waals surface area (Å²) in [5.41, 5.74) is 5.61. The van der Waals surface area contributed by atoms with Crippen LogP contribution in [-0.2, 0) is 6.61 Å². The minimum atomic E-state index is -0.308. The Balaban J connectivity index is 1.48. The molecule has 1 heterocycles. The summed E-state index contributed by atoms with van der Waals surface area (Å²) in [4.78, 5) is 12.8. The number of hydrazone groups is 1. The topological polar surface area (TPSA) is 64.8 Å². The van der Waals surface area contributed by atoms with E-state index in [0.29, 0.717) is 39.8 Å². The number of carbonyl (C=O) groups is 1. The van der Waals surface area contributed by atoms with Crippen molar-refractivity contribution in [2.45, 2.75) is 13.5 Å². The first-order valence-electron chi connectivity index (χ1n) is 10.9. The number of hydrogen-bond donors (Lipinski definition) is 1. The van der Waals surface area contributed by atoms with E-state index >= 15 is 0 Å². The van der Waals surface area contributed by atoms with Gasteiger partial charge in [-0.2, -0.15) is 5.10 Å². The van der Waals surface area contributed by atoms with E-state index in [9.17, 15) is 4.79 Å². The molecular weight excluding hydrogens is 530 g/mol. The molecule has 35 heavy (non-hydrogen) atoms. The van der Waals surface area contributed by atoms with Crippen molar-refractivity contribution in [1.29, 1.82) is 0 Å². The molecule has 0 unspecified atom stereocenters. The third-order valence-electron chi connectivity index (χ3n) is 5.04. The Bertz CT molecular complexity index is 1320. The van der Waals surface area contributed by atoms with E-state index in [-0.39, 0.29) is 5.91 Å². The highest BCUT2D eigenvalue weighted by atomic mass is 79.9. The maximum absolute atomic E-state index is 12.8. The summed E-state index contributed by atoms with van der Waals surface area (Å²) in [6.07, 6.45) is 5.34. The summed E-state index contributed by atoms with van der Waals surface area (Å²) >= 11 is 9.52. The van der Waals surface area contributed by atoms with Gasteiger partial charge in [0.05, 0.1) is 28.5 Å². The zero-order valence-corrected chi connectivity index (χ0v) is 21.3. The molecule has 3 aromatic carbocycles. The van der Waals surface area contributed by atoms with E-state index in [1.54, 1.807) is 12.3 Å². The normalized spacial score (nSPS) is 10.9. The molecule has 1 amide bonds. The third kappa shape index (κ3) is 6.32. The van der Waals surface area contributed by atoms with Gasteiger partial charge in [0.15, 0.2) is 11.5 Å². The first-order chi connectivity index (χ1) is 17.0. The summed E-state index contributed by atoms with van der Waals surface area (Å²) in [6, 6.07) is 22.3. The molecule has 6 nitrogen and oxygen atoms in total. The number of benzene rings is 3. The molecule has 4 aromatic rings. The SMILES string of the molecule is CCOc1cc(/C=N/NC(=O)c2ccccc2-n2cccc2)cc(Br)c1OCc1ccc(Cl)cc1. The summed E-state index contributed by atoms with van der Waals surface area (Å²) in [5, 5.41) is 4.83. The molecule has 4 rings (SSSR count). The van der Waals surface area contributed by atoms with Crippen LogP contribution >= 0.6 is 27.5 Å². The highest BCUT2D eigenvalue weighted by Crippen LogP contribution is 2.37. The predicted octanol–water partition coefficient (Wildman–Crippen LogP) is 6.63. The van der Waals surface area contributed by atoms with Gasteiger partial charge in [-0.1, -0.05) is 35.9 Å². The number of hydrogen-bond acceptors (Lipinski definition) is 4. The summed E-state index contributed by atoms with van der Waals surface area (Å²) in [6.45, 7) is 2.73. The van der Waals surface area contributed by atoms with Gasteiger partial charge in [0.1, 0.15) is 6.61 Å². The Morgan fingerprint density at radius 1 is 1.06 bits per heavy atom. The average molecular weight is 553 g/mol. The molecule has 1 N–H and O–H groups in total. The third-order valence-corrected chi connectivity index (χ3v) is 5.88. The molecule has 0 spiro atoms. The van der Waals surface area contributed by atoms with Gasteiger partial charge in [-0.15, -0.1) is 0 Å². The van der Waals surface area contributed by atoms with Crippen LogP contribution in [0.3, 0.4) is 0 Å². The van der Waals surface area contributed by atoms with Crippen LogP contribution < -0.4 is 14.9 Å². The summed E-state index contributed by atoms with van der Waals surface area (Å²) in [7, 11) is 0. The lowest BCUT2D eigenvalue weighted by Crippen LogP contribution is -2.19. The number of carbonyl (C=O) groups excluding carboxylic acids is 1. The molecule has 0 fully saturated rings. The second kappa shape index (κ2) is 11.7. The number of rotatable bonds is 9. The maximum atomic E-state index is 12.8. The standard InChI is InChI=1S/C27H23BrClN3O3/c1-2-34-25-16-20(15-23(28)26(25)35-18-19-9-11-21(29)12-10-19)17-30-31-27(33)22-7-3-4-8-24(22)32-13-5-6-14-32/h3-17H,2,18H2,1H3,(H,31,33)/b30-17+. The van der Waals surface area contributed by atoms with Crippen molar-refractivity contribution in [3.05, 3.63) is 111 Å². The Labute approximate surface area is 217 Å². The van der Waals surface area contributed by atoms with Crippen LogP contribution in [0.5, 0.6) is 11.5 Å². The number of halogens is 2. The molecule has 0 atom stereocenters. The highest BCUT2D eigenvalue weighted by molar-refractivity contribution is 9.10. The van der Waals surface area contributed by atoms with E-state index in [0.717, 1.165) is 16.8 Å². The second-order valence-corrected chi connectivity index (χ2v) is 8.78. The molecule has 0 aliphatic heterocycles. The number of para-hydroxylation sites is 1. The van der Waals surface area contributed by atoms with Gasteiger partial charge < -0.3 is 14.0 Å². The minimum absolute atomic E-state index is 0.308. The lowest BCUT2D eigenvalue weighted by atomic mass is 10.1. The molecule has 0 bridgehead atoms. The summed E-state index contributed by atoms with van der Waals surface area (Å²) in [5.74, 6) is 0.850. The quantitative estimate of drug-likeness (QED) is 0.187. The average Bonchev–Trinajstić information content (AvgIpc) is 3.40. The number of nitrogens with one attached hydrogen (secondary N) is 1. The summed E-state index contributed by atoms with van der Waals surface area (Å²) < 4.78 is 14.4. The van der Waals surface area contributed by atoms with Crippen molar-refractivity contribution in [1.82, 2.24) is 9.99 Å². The molecule has 0 aliphatic rings. The monoisotopic (exact) mass is 551 g/mol. The Morgan fingerprint density at radius 2 is 1.80 bits per heavy atom. The largest absolute Gasteiger partial charge is 0.490 e. The van der Waals surface area contributed by atoms with Crippen molar-refractivity contribution in [2.24, 2.45) is 5.10 Å². The Morgan fingerprint density at radius 3 is 2.54 bits per heavy atom. The van der Waals surface area contributed by atoms with Gasteiger partial charge in [-0.25, -0.2) is 5.43 Å². The fourth-order valence-corrected chi connectivity index (χ4v) is 4.11. The molecule has 0 saturated carbocycles. The maximum Gasteiger partial charge on any atom is 0.273 e. The zero-order chi connectivity index (χ0) is 24.6. The van der Waals surface area contributed by atoms with Crippen LogP contribution in [0.2, 0.25) is 5.02 Å². The number of nitrogens with zero attached hydrogens (tertiary/aromatic N) is 2. The lowest BCUT2D eigenvalue weighted by Gasteiger charge is -2.15. The van der Waals surface area contributed by atoms with Gasteiger partial charge in [0.25, 0.3) is 5.91 Å². The first-order valence-corrected chi connectivity index (χ1v) is 12.1. The van der Waals surface area contributed by atoms with Gasteiger partial charge in [0, 0.05) is 17.4 Å². The van der Waals surface area contributed by atoms with Crippen LogP contribution in [0.4, 0.5) is 0 Å². The fourth-order valence-electron chi connectivity index (χ4n) is 3.41. The molecule has 0 aliphatic carbocycles. The van der Waals surface area contributed by atoms with Crippen molar-refractivity contribution in [2.75, 3.05) is 6.61 Å². The number of amides is 1. The van der Waals surface area contributed by atoms with E-state index in [1.165, 1.54) is 0 Å². The van der Waals surface area contributed by atoms with Crippen LogP contribution in [0, 0.1) is 0 Å². The van der Waals surface area contributed by atoms with Crippen molar-refractivity contribution < 1.29 is 14.3 Å². The predicted molar refractivity (Wildman–Crippen MR) is 142 cm³/mol. The zero-order valence-electron chi connectivity index (χ0n) is 18.9. The highest BCUT2D eigenvalue weighted by Gasteiger charge is 2.13.